The van der Waals surface area contributed by atoms with Crippen molar-refractivity contribution in [3.63, 3.8) is 0 Å². The van der Waals surface area contributed by atoms with Crippen LogP contribution in [0, 0.1) is 13.8 Å². The number of nitrogens with one attached hydrogen (secondary N) is 2. The number of imidazole rings is 1. The highest BCUT2D eigenvalue weighted by molar-refractivity contribution is 7.10. The molecule has 0 amide bonds. The van der Waals surface area contributed by atoms with Gasteiger partial charge in [0, 0.05) is 37.4 Å². The lowest BCUT2D eigenvalue weighted by molar-refractivity contribution is 0.758. The van der Waals surface area contributed by atoms with Gasteiger partial charge in [-0.1, -0.05) is 24.3 Å². The first-order chi connectivity index (χ1) is 12.7. The monoisotopic (exact) mass is 367 g/mol. The normalized spacial score (nSPS) is 11.6. The maximum absolute atomic E-state index is 4.31. The molecule has 0 spiro atoms. The second kappa shape index (κ2) is 8.67. The number of thiophene rings is 1. The number of benzene rings is 1. The Morgan fingerprint density at radius 3 is 2.65 bits per heavy atom. The van der Waals surface area contributed by atoms with Gasteiger partial charge >= 0.3 is 0 Å². The van der Waals surface area contributed by atoms with Crippen LogP contribution in [0.25, 0.3) is 0 Å². The Morgan fingerprint density at radius 2 is 1.96 bits per heavy atom. The van der Waals surface area contributed by atoms with Crippen LogP contribution in [0.4, 0.5) is 0 Å². The Labute approximate surface area is 158 Å². The third-order valence-electron chi connectivity index (χ3n) is 4.34. The van der Waals surface area contributed by atoms with E-state index in [4.69, 9.17) is 0 Å². The molecule has 2 aromatic heterocycles. The van der Waals surface area contributed by atoms with Gasteiger partial charge in [0.15, 0.2) is 5.96 Å². The molecular formula is C20H25N5S. The van der Waals surface area contributed by atoms with E-state index in [2.05, 4.69) is 67.8 Å². The molecule has 1 aromatic carbocycles. The number of rotatable bonds is 6. The summed E-state index contributed by atoms with van der Waals surface area (Å²) in [5, 5.41) is 8.89. The molecule has 0 saturated heterocycles. The third kappa shape index (κ3) is 4.73. The van der Waals surface area contributed by atoms with E-state index in [1.807, 2.05) is 19.3 Å². The van der Waals surface area contributed by atoms with E-state index in [-0.39, 0.29) is 0 Å². The molecule has 5 nitrogen and oxygen atoms in total. The van der Waals surface area contributed by atoms with E-state index in [0.717, 1.165) is 31.4 Å². The van der Waals surface area contributed by atoms with Crippen LogP contribution in [0.5, 0.6) is 0 Å². The van der Waals surface area contributed by atoms with E-state index in [1.165, 1.54) is 21.6 Å². The summed E-state index contributed by atoms with van der Waals surface area (Å²) >= 11 is 1.77. The maximum Gasteiger partial charge on any atom is 0.191 e. The average Bonchev–Trinajstić information content (AvgIpc) is 3.24. The number of aromatic nitrogens is 2. The highest BCUT2D eigenvalue weighted by atomic mass is 32.1. The molecule has 2 heterocycles. The van der Waals surface area contributed by atoms with Gasteiger partial charge in [-0.25, -0.2) is 4.98 Å². The standard InChI is InChI=1S/C20H25N5S/c1-15-7-10-26-19(15)13-24-20(21-3)23-12-17-5-4-6-18(11-17)14-25-9-8-22-16(25)2/h4-11H,12-14H2,1-3H3,(H2,21,23,24). The van der Waals surface area contributed by atoms with Gasteiger partial charge in [0.25, 0.3) is 0 Å². The van der Waals surface area contributed by atoms with Gasteiger partial charge in [-0.15, -0.1) is 11.3 Å². The molecule has 0 fully saturated rings. The predicted molar refractivity (Wildman–Crippen MR) is 109 cm³/mol. The zero-order chi connectivity index (χ0) is 18.4. The number of hydrogen-bond donors (Lipinski definition) is 2. The summed E-state index contributed by atoms with van der Waals surface area (Å²) in [4.78, 5) is 9.93. The molecule has 0 unspecified atom stereocenters. The Hall–Kier alpha value is -2.60. The molecule has 3 aromatic rings. The van der Waals surface area contributed by atoms with Gasteiger partial charge in [0.05, 0.1) is 6.54 Å². The van der Waals surface area contributed by atoms with Gasteiger partial charge in [-0.3, -0.25) is 4.99 Å². The number of hydrogen-bond acceptors (Lipinski definition) is 3. The van der Waals surface area contributed by atoms with Gasteiger partial charge < -0.3 is 15.2 Å². The SMILES string of the molecule is CN=C(NCc1cccc(Cn2ccnc2C)c1)NCc1sccc1C. The Morgan fingerprint density at radius 1 is 1.15 bits per heavy atom. The first kappa shape index (κ1) is 18.2. The number of nitrogens with zero attached hydrogens (tertiary/aromatic N) is 3. The van der Waals surface area contributed by atoms with E-state index in [9.17, 15) is 0 Å². The van der Waals surface area contributed by atoms with Crippen LogP contribution in [-0.2, 0) is 19.6 Å². The summed E-state index contributed by atoms with van der Waals surface area (Å²) < 4.78 is 2.15. The van der Waals surface area contributed by atoms with Crippen LogP contribution < -0.4 is 10.6 Å². The number of aliphatic imine (C=N–C) groups is 1. The minimum atomic E-state index is 0.736. The highest BCUT2D eigenvalue weighted by Crippen LogP contribution is 2.14. The molecule has 136 valence electrons. The molecule has 0 saturated carbocycles. The van der Waals surface area contributed by atoms with Crippen LogP contribution >= 0.6 is 11.3 Å². The Bertz CT molecular complexity index is 878. The fraction of sp³-hybridized carbons (Fsp3) is 0.300. The average molecular weight is 368 g/mol. The fourth-order valence-electron chi connectivity index (χ4n) is 2.76. The topological polar surface area (TPSA) is 54.2 Å². The highest BCUT2D eigenvalue weighted by Gasteiger charge is 2.04. The van der Waals surface area contributed by atoms with Crippen molar-refractivity contribution in [2.45, 2.75) is 33.5 Å². The first-order valence-electron chi connectivity index (χ1n) is 8.68. The Balaban J connectivity index is 1.55. The first-order valence-corrected chi connectivity index (χ1v) is 9.56. The van der Waals surface area contributed by atoms with Crippen molar-refractivity contribution >= 4 is 17.3 Å². The zero-order valence-corrected chi connectivity index (χ0v) is 16.3. The molecule has 0 aliphatic carbocycles. The quantitative estimate of drug-likeness (QED) is 0.518. The summed E-state index contributed by atoms with van der Waals surface area (Å²) in [7, 11) is 1.80. The van der Waals surface area contributed by atoms with Crippen LogP contribution in [0.1, 0.15) is 27.4 Å². The number of aryl methyl sites for hydroxylation is 2. The lowest BCUT2D eigenvalue weighted by Crippen LogP contribution is -2.36. The molecule has 3 rings (SSSR count). The second-order valence-electron chi connectivity index (χ2n) is 6.23. The van der Waals surface area contributed by atoms with E-state index >= 15 is 0 Å². The molecule has 0 bridgehead atoms. The number of guanidine groups is 1. The summed E-state index contributed by atoms with van der Waals surface area (Å²) in [6, 6.07) is 10.8. The minimum Gasteiger partial charge on any atom is -0.352 e. The summed E-state index contributed by atoms with van der Waals surface area (Å²) in [5.41, 5.74) is 3.82. The fourth-order valence-corrected chi connectivity index (χ4v) is 3.61. The summed E-state index contributed by atoms with van der Waals surface area (Å²) in [6.07, 6.45) is 3.85. The zero-order valence-electron chi connectivity index (χ0n) is 15.5. The third-order valence-corrected chi connectivity index (χ3v) is 5.36. The van der Waals surface area contributed by atoms with Gasteiger partial charge in [0.1, 0.15) is 5.82 Å². The molecule has 0 aliphatic rings. The van der Waals surface area contributed by atoms with Crippen molar-refractivity contribution in [2.24, 2.45) is 4.99 Å². The predicted octanol–water partition coefficient (Wildman–Crippen LogP) is 3.47. The van der Waals surface area contributed by atoms with Crippen LogP contribution in [-0.4, -0.2) is 22.6 Å². The summed E-state index contributed by atoms with van der Waals surface area (Å²) in [6.45, 7) is 6.53. The molecule has 6 heteroatoms. The van der Waals surface area contributed by atoms with Crippen LogP contribution in [0.2, 0.25) is 0 Å². The van der Waals surface area contributed by atoms with Gasteiger partial charge in [-0.05, 0) is 42.0 Å². The van der Waals surface area contributed by atoms with E-state index in [0.29, 0.717) is 0 Å². The van der Waals surface area contributed by atoms with Crippen molar-refractivity contribution in [3.05, 3.63) is 75.5 Å². The maximum atomic E-state index is 4.31. The van der Waals surface area contributed by atoms with Crippen molar-refractivity contribution < 1.29 is 0 Å². The Kier molecular flexibility index (Phi) is 6.07. The van der Waals surface area contributed by atoms with E-state index < -0.39 is 0 Å². The van der Waals surface area contributed by atoms with Crippen molar-refractivity contribution in [2.75, 3.05) is 7.05 Å². The van der Waals surface area contributed by atoms with Crippen molar-refractivity contribution in [1.29, 1.82) is 0 Å². The molecular weight excluding hydrogens is 342 g/mol. The lowest BCUT2D eigenvalue weighted by atomic mass is 10.1. The van der Waals surface area contributed by atoms with Crippen LogP contribution in [0.3, 0.4) is 0 Å². The smallest absolute Gasteiger partial charge is 0.191 e. The minimum absolute atomic E-state index is 0.736. The van der Waals surface area contributed by atoms with Crippen molar-refractivity contribution in [1.82, 2.24) is 20.2 Å². The molecule has 26 heavy (non-hydrogen) atoms. The molecule has 0 atom stereocenters. The molecule has 0 radical (unpaired) electrons. The van der Waals surface area contributed by atoms with Gasteiger partial charge in [-0.2, -0.15) is 0 Å². The lowest BCUT2D eigenvalue weighted by Gasteiger charge is -2.13. The second-order valence-corrected chi connectivity index (χ2v) is 7.23. The van der Waals surface area contributed by atoms with Gasteiger partial charge in [0.2, 0.25) is 0 Å². The largest absolute Gasteiger partial charge is 0.352 e. The summed E-state index contributed by atoms with van der Waals surface area (Å²) in [5.74, 6) is 1.84. The molecule has 0 aliphatic heterocycles. The van der Waals surface area contributed by atoms with E-state index in [1.54, 1.807) is 18.4 Å². The van der Waals surface area contributed by atoms with Crippen molar-refractivity contribution in [3.8, 4) is 0 Å². The molecule has 2 N–H and O–H groups in total. The van der Waals surface area contributed by atoms with Crippen LogP contribution in [0.15, 0.2) is 53.1 Å².